The van der Waals surface area contributed by atoms with Crippen LogP contribution in [-0.4, -0.2) is 42.3 Å². The Morgan fingerprint density at radius 3 is 2.81 bits per heavy atom. The first kappa shape index (κ1) is 14.8. The molecule has 2 rings (SSSR count). The highest BCUT2D eigenvalue weighted by molar-refractivity contribution is 5.92. The lowest BCUT2D eigenvalue weighted by atomic mass is 10.2. The second-order valence-electron chi connectivity index (χ2n) is 4.52. The fraction of sp³-hybridized carbons (Fsp3) is 0.308. The van der Waals surface area contributed by atoms with Crippen LogP contribution in [0.15, 0.2) is 18.2 Å². The van der Waals surface area contributed by atoms with Gasteiger partial charge in [0.2, 0.25) is 5.91 Å². The highest BCUT2D eigenvalue weighted by atomic mass is 19.1. The molecule has 0 bridgehead atoms. The SMILES string of the molecule is CC(=O)NCC1CN(c2ccc(C(=O)O)c(F)c2)C(=O)O1. The molecular weight excluding hydrogens is 283 g/mol. The summed E-state index contributed by atoms with van der Waals surface area (Å²) in [4.78, 5) is 34.4. The average molecular weight is 296 g/mol. The molecule has 0 aliphatic carbocycles. The van der Waals surface area contributed by atoms with Crippen molar-refractivity contribution in [1.29, 1.82) is 0 Å². The van der Waals surface area contributed by atoms with Crippen LogP contribution in [0, 0.1) is 5.82 Å². The van der Waals surface area contributed by atoms with Crippen LogP contribution < -0.4 is 10.2 Å². The van der Waals surface area contributed by atoms with Gasteiger partial charge in [-0.1, -0.05) is 0 Å². The number of cyclic esters (lactones) is 1. The van der Waals surface area contributed by atoms with E-state index in [0.29, 0.717) is 0 Å². The molecule has 1 aromatic rings. The number of aromatic carboxylic acids is 1. The van der Waals surface area contributed by atoms with E-state index in [9.17, 15) is 18.8 Å². The Labute approximate surface area is 119 Å². The van der Waals surface area contributed by atoms with Crippen LogP contribution in [0.2, 0.25) is 0 Å². The van der Waals surface area contributed by atoms with Gasteiger partial charge in [0.25, 0.3) is 0 Å². The highest BCUT2D eigenvalue weighted by Gasteiger charge is 2.32. The molecule has 1 unspecified atom stereocenters. The van der Waals surface area contributed by atoms with Crippen molar-refractivity contribution in [2.45, 2.75) is 13.0 Å². The van der Waals surface area contributed by atoms with E-state index in [1.165, 1.54) is 17.9 Å². The van der Waals surface area contributed by atoms with Gasteiger partial charge in [0.1, 0.15) is 11.9 Å². The zero-order chi connectivity index (χ0) is 15.6. The zero-order valence-electron chi connectivity index (χ0n) is 11.1. The van der Waals surface area contributed by atoms with Crippen molar-refractivity contribution < 1.29 is 28.6 Å². The van der Waals surface area contributed by atoms with Crippen LogP contribution in [0.5, 0.6) is 0 Å². The van der Waals surface area contributed by atoms with Gasteiger partial charge in [-0.15, -0.1) is 0 Å². The fourth-order valence-corrected chi connectivity index (χ4v) is 1.94. The summed E-state index contributed by atoms with van der Waals surface area (Å²) in [6, 6.07) is 3.38. The summed E-state index contributed by atoms with van der Waals surface area (Å²) in [6.07, 6.45) is -1.21. The van der Waals surface area contributed by atoms with Gasteiger partial charge in [-0.25, -0.2) is 14.0 Å². The third-order valence-corrected chi connectivity index (χ3v) is 2.95. The first-order valence-corrected chi connectivity index (χ1v) is 6.14. The normalized spacial score (nSPS) is 17.5. The molecule has 0 saturated carbocycles. The monoisotopic (exact) mass is 296 g/mol. The van der Waals surface area contributed by atoms with Crippen molar-refractivity contribution in [2.75, 3.05) is 18.0 Å². The van der Waals surface area contributed by atoms with Crippen molar-refractivity contribution in [2.24, 2.45) is 0 Å². The topological polar surface area (TPSA) is 95.9 Å². The van der Waals surface area contributed by atoms with E-state index in [-0.39, 0.29) is 24.7 Å². The molecule has 1 fully saturated rings. The van der Waals surface area contributed by atoms with E-state index >= 15 is 0 Å². The van der Waals surface area contributed by atoms with Gasteiger partial charge in [-0.3, -0.25) is 9.69 Å². The van der Waals surface area contributed by atoms with E-state index in [1.54, 1.807) is 0 Å². The average Bonchev–Trinajstić information content (AvgIpc) is 2.77. The number of nitrogens with zero attached hydrogens (tertiary/aromatic N) is 1. The molecule has 2 amide bonds. The standard InChI is InChI=1S/C13H13FN2O5/c1-7(17)15-5-9-6-16(13(20)21-9)8-2-3-10(12(18)19)11(14)4-8/h2-4,9H,5-6H2,1H3,(H,15,17)(H,18,19). The minimum Gasteiger partial charge on any atom is -0.478 e. The summed E-state index contributed by atoms with van der Waals surface area (Å²) in [6.45, 7) is 1.65. The highest BCUT2D eigenvalue weighted by Crippen LogP contribution is 2.23. The van der Waals surface area contributed by atoms with Gasteiger partial charge >= 0.3 is 12.1 Å². The number of nitrogens with one attached hydrogen (secondary N) is 1. The molecule has 1 aromatic carbocycles. The maximum Gasteiger partial charge on any atom is 0.414 e. The van der Waals surface area contributed by atoms with Crippen LogP contribution >= 0.6 is 0 Å². The first-order valence-electron chi connectivity index (χ1n) is 6.14. The van der Waals surface area contributed by atoms with Crippen LogP contribution in [0.1, 0.15) is 17.3 Å². The van der Waals surface area contributed by atoms with Crippen molar-refractivity contribution in [3.05, 3.63) is 29.6 Å². The number of carbonyl (C=O) groups excluding carboxylic acids is 2. The Kier molecular flexibility index (Phi) is 4.06. The summed E-state index contributed by atoms with van der Waals surface area (Å²) in [7, 11) is 0. The molecule has 1 heterocycles. The van der Waals surface area contributed by atoms with Gasteiger partial charge < -0.3 is 15.2 Å². The van der Waals surface area contributed by atoms with Crippen molar-refractivity contribution in [3.8, 4) is 0 Å². The number of benzene rings is 1. The third kappa shape index (κ3) is 3.28. The Morgan fingerprint density at radius 1 is 1.52 bits per heavy atom. The molecule has 112 valence electrons. The largest absolute Gasteiger partial charge is 0.478 e. The van der Waals surface area contributed by atoms with Crippen LogP contribution in [-0.2, 0) is 9.53 Å². The number of carboxylic acid groups (broad SMARTS) is 1. The third-order valence-electron chi connectivity index (χ3n) is 2.95. The molecule has 8 heteroatoms. The van der Waals surface area contributed by atoms with Gasteiger partial charge in [-0.2, -0.15) is 0 Å². The number of carbonyl (C=O) groups is 3. The summed E-state index contributed by atoms with van der Waals surface area (Å²) >= 11 is 0. The fourth-order valence-electron chi connectivity index (χ4n) is 1.94. The van der Waals surface area contributed by atoms with Crippen molar-refractivity contribution in [1.82, 2.24) is 5.32 Å². The number of ether oxygens (including phenoxy) is 1. The van der Waals surface area contributed by atoms with E-state index < -0.39 is 29.5 Å². The van der Waals surface area contributed by atoms with E-state index in [1.807, 2.05) is 0 Å². The van der Waals surface area contributed by atoms with Crippen LogP contribution in [0.25, 0.3) is 0 Å². The molecule has 1 aliphatic heterocycles. The van der Waals surface area contributed by atoms with Crippen LogP contribution in [0.4, 0.5) is 14.9 Å². The Hall–Kier alpha value is -2.64. The molecule has 0 aromatic heterocycles. The molecular formula is C13H13FN2O5. The maximum absolute atomic E-state index is 13.6. The van der Waals surface area contributed by atoms with Crippen molar-refractivity contribution in [3.63, 3.8) is 0 Å². The molecule has 0 spiro atoms. The Bertz CT molecular complexity index is 604. The molecule has 21 heavy (non-hydrogen) atoms. The van der Waals surface area contributed by atoms with E-state index in [4.69, 9.17) is 9.84 Å². The number of anilines is 1. The zero-order valence-corrected chi connectivity index (χ0v) is 11.1. The van der Waals surface area contributed by atoms with Crippen LogP contribution in [0.3, 0.4) is 0 Å². The molecule has 1 saturated heterocycles. The summed E-state index contributed by atoms with van der Waals surface area (Å²) in [5, 5.41) is 11.3. The number of hydrogen-bond donors (Lipinski definition) is 2. The Balaban J connectivity index is 2.12. The smallest absolute Gasteiger partial charge is 0.414 e. The number of halogens is 1. The summed E-state index contributed by atoms with van der Waals surface area (Å²) < 4.78 is 18.6. The molecule has 2 N–H and O–H groups in total. The maximum atomic E-state index is 13.6. The quantitative estimate of drug-likeness (QED) is 0.863. The lowest BCUT2D eigenvalue weighted by Crippen LogP contribution is -2.33. The molecule has 1 aliphatic rings. The van der Waals surface area contributed by atoms with Crippen molar-refractivity contribution >= 4 is 23.7 Å². The molecule has 0 radical (unpaired) electrons. The predicted molar refractivity (Wildman–Crippen MR) is 69.7 cm³/mol. The second kappa shape index (κ2) is 5.78. The minimum absolute atomic E-state index is 0.144. The van der Waals surface area contributed by atoms with E-state index in [0.717, 1.165) is 12.1 Å². The molecule has 1 atom stereocenters. The summed E-state index contributed by atoms with van der Waals surface area (Å²) in [5.41, 5.74) is -0.270. The van der Waals surface area contributed by atoms with Gasteiger partial charge in [0.05, 0.1) is 24.3 Å². The van der Waals surface area contributed by atoms with Gasteiger partial charge in [-0.05, 0) is 18.2 Å². The van der Waals surface area contributed by atoms with Gasteiger partial charge in [0.15, 0.2) is 0 Å². The van der Waals surface area contributed by atoms with E-state index in [2.05, 4.69) is 5.32 Å². The lowest BCUT2D eigenvalue weighted by Gasteiger charge is -2.13. The lowest BCUT2D eigenvalue weighted by molar-refractivity contribution is -0.119. The van der Waals surface area contributed by atoms with Gasteiger partial charge in [0, 0.05) is 6.92 Å². The second-order valence-corrected chi connectivity index (χ2v) is 4.52. The minimum atomic E-state index is -1.38. The first-order chi connectivity index (χ1) is 9.88. The predicted octanol–water partition coefficient (Wildman–Crippen LogP) is 0.985. The molecule has 7 nitrogen and oxygen atoms in total. The summed E-state index contributed by atoms with van der Waals surface area (Å²) in [5.74, 6) is -2.56. The number of rotatable bonds is 4. The number of hydrogen-bond acceptors (Lipinski definition) is 4. The number of amides is 2. The number of carboxylic acids is 1. The Morgan fingerprint density at radius 2 is 2.24 bits per heavy atom.